The molecule has 1 aliphatic heterocycles. The van der Waals surface area contributed by atoms with E-state index in [9.17, 15) is 39.6 Å². The number of aliphatic hydroxyl groups excluding tert-OH is 2. The van der Waals surface area contributed by atoms with Gasteiger partial charge in [-0.25, -0.2) is 9.59 Å². The van der Waals surface area contributed by atoms with Crippen LogP contribution in [0.5, 0.6) is 0 Å². The minimum Gasteiger partial charge on any atom is -0.459 e. The van der Waals surface area contributed by atoms with Crippen molar-refractivity contribution in [2.45, 2.75) is 193 Å². The van der Waals surface area contributed by atoms with Crippen LogP contribution in [0.25, 0.3) is 0 Å². The molecule has 3 fully saturated rings. The Morgan fingerprint density at radius 1 is 0.855 bits per heavy atom. The molecule has 4 rings (SSSR count). The molecule has 381 valence electrons. The third-order valence-electron chi connectivity index (χ3n) is 13.7. The van der Waals surface area contributed by atoms with Crippen molar-refractivity contribution in [3.05, 3.63) is 84.1 Å². The van der Waals surface area contributed by atoms with Gasteiger partial charge in [0.1, 0.15) is 29.0 Å². The predicted molar refractivity (Wildman–Crippen MR) is 256 cm³/mol. The van der Waals surface area contributed by atoms with Gasteiger partial charge in [0.2, 0.25) is 0 Å². The summed E-state index contributed by atoms with van der Waals surface area (Å²) in [5.41, 5.74) is -8.42. The molecule has 0 aromatic carbocycles. The van der Waals surface area contributed by atoms with E-state index in [0.717, 1.165) is 39.0 Å². The Kier molecular flexibility index (Phi) is 22.6. The van der Waals surface area contributed by atoms with E-state index in [1.165, 1.54) is 20.8 Å². The number of nitrogens with one attached hydrogen (secondary N) is 1. The van der Waals surface area contributed by atoms with Gasteiger partial charge in [-0.15, -0.1) is 0 Å². The summed E-state index contributed by atoms with van der Waals surface area (Å²) in [6, 6.07) is -1.21. The summed E-state index contributed by atoms with van der Waals surface area (Å²) in [6.45, 7) is 15.3. The number of Topliss-reactive ketones (excluding diaryl/α,β-unsaturated/α-hetero) is 1. The van der Waals surface area contributed by atoms with Crippen LogP contribution >= 0.6 is 0 Å². The van der Waals surface area contributed by atoms with Crippen LogP contribution in [0.4, 0.5) is 4.79 Å². The van der Waals surface area contributed by atoms with Crippen molar-refractivity contribution < 1.29 is 112 Å². The molecule has 0 aromatic heterocycles. The molecule has 1 amide bonds. The van der Waals surface area contributed by atoms with Crippen molar-refractivity contribution in [1.82, 2.24) is 5.32 Å². The van der Waals surface area contributed by atoms with Gasteiger partial charge in [0.25, 0.3) is 0 Å². The fourth-order valence-corrected chi connectivity index (χ4v) is 9.89. The zero-order valence-electron chi connectivity index (χ0n) is 42.3. The molecule has 3 aliphatic carbocycles. The molecule has 15 nitrogen and oxygen atoms in total. The molecular formula is C53H77AcNO14. The van der Waals surface area contributed by atoms with Crippen molar-refractivity contribution in [3.8, 4) is 0 Å². The van der Waals surface area contributed by atoms with E-state index < -0.39 is 112 Å². The van der Waals surface area contributed by atoms with Gasteiger partial charge in [0.15, 0.2) is 18.0 Å². The number of hydrogen-bond donors (Lipinski definition) is 5. The van der Waals surface area contributed by atoms with Gasteiger partial charge in [-0.3, -0.25) is 14.4 Å². The average Bonchev–Trinajstić information content (AvgIpc) is 3.24. The Balaban J connectivity index is 0.0000126. The third-order valence-corrected chi connectivity index (χ3v) is 13.7. The topological polar surface area (TPSA) is 224 Å². The van der Waals surface area contributed by atoms with E-state index >= 15 is 4.79 Å². The van der Waals surface area contributed by atoms with Crippen molar-refractivity contribution in [3.63, 3.8) is 0 Å². The molecule has 0 aromatic rings. The summed E-state index contributed by atoms with van der Waals surface area (Å²) >= 11 is 0. The van der Waals surface area contributed by atoms with Gasteiger partial charge in [-0.1, -0.05) is 93.7 Å². The van der Waals surface area contributed by atoms with Crippen molar-refractivity contribution in [1.29, 1.82) is 0 Å². The number of alkyl carbamates (subject to hydrolysis) is 1. The number of rotatable bonds is 20. The van der Waals surface area contributed by atoms with Gasteiger partial charge in [-0.2, -0.15) is 0 Å². The largest absolute Gasteiger partial charge is 0.459 e. The second kappa shape index (κ2) is 25.9. The van der Waals surface area contributed by atoms with E-state index in [2.05, 4.69) is 66.9 Å². The Hall–Kier alpha value is -3.23. The zero-order valence-corrected chi connectivity index (χ0v) is 47.0. The first-order chi connectivity index (χ1) is 31.9. The van der Waals surface area contributed by atoms with E-state index in [1.54, 1.807) is 34.6 Å². The standard InChI is InChI=1S/C53H77NO14.Ac/c1-11-12-13-14-15-16-17-18-19-20-21-22-23-24-25-26-27-28-29-30-40(57)67-43-41-34(2)37(66-47(60)42(58)35(3)54-48(61)68-49(5,6)7)32-53(63,50(41,8)9)46(65-36(4)55)44-51(10,45(43)59)38(56)31-39-52(44,62)33-64-39;/h12-13,15-16,18-19,21-22,24-25,27-28,35,37-39,42-44,46,56,58,62-63H,11,14,17,20,23,26,29-33H2,1-10H3,(H,54,61);/b13-12-,16-15-,19-18-,22-21-,25-24-,28-27-;/t35-,37?,38-,39+,42?,43+,44-,46-,51+,52-,53+;/m0./s1. The maximum atomic E-state index is 15.4. The molecule has 11 atom stereocenters. The Bertz CT molecular complexity index is 2030. The molecule has 1 heterocycles. The minimum absolute atomic E-state index is 0. The van der Waals surface area contributed by atoms with Crippen LogP contribution in [-0.2, 0) is 42.9 Å². The van der Waals surface area contributed by atoms with Crippen LogP contribution in [0.2, 0.25) is 0 Å². The molecule has 0 spiro atoms. The van der Waals surface area contributed by atoms with Crippen LogP contribution < -0.4 is 5.32 Å². The second-order valence-corrected chi connectivity index (χ2v) is 20.2. The van der Waals surface area contributed by atoms with E-state index in [0.29, 0.717) is 6.42 Å². The summed E-state index contributed by atoms with van der Waals surface area (Å²) < 4.78 is 28.9. The number of carbonyl (C=O) groups excluding carboxylic acids is 5. The number of allylic oxidation sites excluding steroid dienone is 12. The van der Waals surface area contributed by atoms with Crippen LogP contribution in [-0.4, -0.2) is 116 Å². The Morgan fingerprint density at radius 2 is 1.38 bits per heavy atom. The predicted octanol–water partition coefficient (Wildman–Crippen LogP) is 7.07. The molecule has 1 saturated heterocycles. The fraction of sp³-hybridized carbons (Fsp3) is 0.642. The number of aliphatic hydroxyl groups is 4. The first kappa shape index (κ1) is 60.1. The molecule has 16 heteroatoms. The van der Waals surface area contributed by atoms with Crippen molar-refractivity contribution in [2.24, 2.45) is 16.7 Å². The Morgan fingerprint density at radius 3 is 1.86 bits per heavy atom. The number of ketones is 1. The number of carbonyl (C=O) groups is 5. The van der Waals surface area contributed by atoms with Gasteiger partial charge in [0.05, 0.1) is 30.3 Å². The SMILES string of the molecule is CC/C=C\C/C=C\C/C=C\C/C=C\C/C=C\C/C=C\CCC(=O)O[C@H]1C(=O)[C@@]2(C)[C@H]([C@H](OC(C)=O)[C@]3(O)CC(OC(=O)C(O)[C@H](C)NC(=O)OC(C)(C)C)C(C)=C1C3(C)C)[C@]1(O)CO[C@@H]1C[C@@H]2O.[Ac]. The summed E-state index contributed by atoms with van der Waals surface area (Å²) in [5, 5.41) is 51.0. The zero-order chi connectivity index (χ0) is 50.7. The number of hydrogen-bond acceptors (Lipinski definition) is 14. The first-order valence-corrected chi connectivity index (χ1v) is 24.0. The molecule has 5 N–H and O–H groups in total. The normalized spacial score (nSPS) is 30.9. The van der Waals surface area contributed by atoms with Gasteiger partial charge in [-0.05, 0) is 97.6 Å². The van der Waals surface area contributed by atoms with Crippen LogP contribution in [0.15, 0.2) is 84.1 Å². The number of amides is 1. The van der Waals surface area contributed by atoms with Crippen LogP contribution in [0, 0.1) is 60.8 Å². The number of fused-ring (bicyclic) bond motifs is 5. The summed E-state index contributed by atoms with van der Waals surface area (Å²) in [5.74, 6) is -5.18. The van der Waals surface area contributed by atoms with E-state index in [1.807, 2.05) is 18.2 Å². The van der Waals surface area contributed by atoms with Gasteiger partial charge >= 0.3 is 24.0 Å². The fourth-order valence-electron chi connectivity index (χ4n) is 9.89. The minimum atomic E-state index is -2.29. The average molecular weight is 1180 g/mol. The molecule has 2 saturated carbocycles. The van der Waals surface area contributed by atoms with E-state index in [4.69, 9.17) is 23.7 Å². The molecular weight excluding hydrogens is 1100 g/mol. The first-order valence-electron chi connectivity index (χ1n) is 24.0. The molecule has 2 unspecified atom stereocenters. The smallest absolute Gasteiger partial charge is 0.407 e. The summed E-state index contributed by atoms with van der Waals surface area (Å²) in [7, 11) is 0. The van der Waals surface area contributed by atoms with E-state index in [-0.39, 0.29) is 81.1 Å². The molecule has 69 heavy (non-hydrogen) atoms. The summed E-state index contributed by atoms with van der Waals surface area (Å²) in [6.07, 6.45) is 19.3. The van der Waals surface area contributed by atoms with Crippen LogP contribution in [0.1, 0.15) is 133 Å². The quantitative estimate of drug-likeness (QED) is 0.0467. The molecule has 4 aliphatic rings. The van der Waals surface area contributed by atoms with Gasteiger partial charge in [0, 0.05) is 81.6 Å². The molecule has 1 radical (unpaired) electrons. The summed E-state index contributed by atoms with van der Waals surface area (Å²) in [4.78, 5) is 68.4. The maximum absolute atomic E-state index is 15.4. The van der Waals surface area contributed by atoms with Crippen molar-refractivity contribution in [2.75, 3.05) is 6.61 Å². The third kappa shape index (κ3) is 14.5. The Labute approximate surface area is 444 Å². The number of esters is 3. The monoisotopic (exact) mass is 1180 g/mol. The number of ether oxygens (including phenoxy) is 5. The second-order valence-electron chi connectivity index (χ2n) is 20.2. The van der Waals surface area contributed by atoms with Crippen molar-refractivity contribution >= 4 is 29.8 Å². The maximum Gasteiger partial charge on any atom is 0.407 e. The molecule has 2 bridgehead atoms. The van der Waals surface area contributed by atoms with Gasteiger partial charge < -0.3 is 49.4 Å². The van der Waals surface area contributed by atoms with Crippen LogP contribution in [0.3, 0.4) is 0 Å².